The van der Waals surface area contributed by atoms with Crippen LogP contribution in [0.15, 0.2) is 22.7 Å². The largest absolute Gasteiger partial charge is 0.487 e. The minimum absolute atomic E-state index is 0.0360. The minimum Gasteiger partial charge on any atom is -0.487 e. The van der Waals surface area contributed by atoms with E-state index in [1.807, 2.05) is 7.05 Å². The normalized spacial score (nSPS) is 26.4. The van der Waals surface area contributed by atoms with E-state index in [1.165, 1.54) is 6.07 Å². The van der Waals surface area contributed by atoms with E-state index in [0.29, 0.717) is 11.8 Å². The standard InChI is InChI=1S/C13H17BrFNO/c1-13(2)11(16-3)7-12(13)17-10-5-4-8(14)6-9(10)15/h4-6,11-12,16H,7H2,1-3H3. The molecule has 1 aliphatic carbocycles. The monoisotopic (exact) mass is 301 g/mol. The Bertz CT molecular complexity index is 422. The van der Waals surface area contributed by atoms with Crippen molar-refractivity contribution >= 4 is 15.9 Å². The molecule has 0 bridgehead atoms. The number of ether oxygens (including phenoxy) is 1. The third-order valence-corrected chi connectivity index (χ3v) is 4.18. The van der Waals surface area contributed by atoms with Gasteiger partial charge in [-0.25, -0.2) is 4.39 Å². The van der Waals surface area contributed by atoms with E-state index in [2.05, 4.69) is 35.1 Å². The molecule has 1 aromatic rings. The van der Waals surface area contributed by atoms with Crippen LogP contribution in [0.2, 0.25) is 0 Å². The Hall–Kier alpha value is -0.610. The fourth-order valence-corrected chi connectivity index (χ4v) is 2.63. The molecule has 1 saturated carbocycles. The van der Waals surface area contributed by atoms with E-state index < -0.39 is 0 Å². The lowest BCUT2D eigenvalue weighted by molar-refractivity contribution is -0.0538. The fraction of sp³-hybridized carbons (Fsp3) is 0.538. The van der Waals surface area contributed by atoms with Gasteiger partial charge in [0, 0.05) is 22.4 Å². The van der Waals surface area contributed by atoms with Gasteiger partial charge in [0.2, 0.25) is 0 Å². The van der Waals surface area contributed by atoms with E-state index in [-0.39, 0.29) is 17.3 Å². The summed E-state index contributed by atoms with van der Waals surface area (Å²) in [5.74, 6) is 0.0175. The molecule has 0 saturated heterocycles. The number of hydrogen-bond acceptors (Lipinski definition) is 2. The van der Waals surface area contributed by atoms with Crippen LogP contribution in [-0.2, 0) is 0 Å². The molecule has 2 unspecified atom stereocenters. The van der Waals surface area contributed by atoms with Crippen molar-refractivity contribution < 1.29 is 9.13 Å². The van der Waals surface area contributed by atoms with Crippen LogP contribution in [-0.4, -0.2) is 19.2 Å². The number of nitrogens with one attached hydrogen (secondary N) is 1. The second-order valence-electron chi connectivity index (χ2n) is 5.08. The second-order valence-corrected chi connectivity index (χ2v) is 6.00. The Morgan fingerprint density at radius 3 is 2.71 bits per heavy atom. The van der Waals surface area contributed by atoms with E-state index in [0.717, 1.165) is 10.9 Å². The molecule has 0 aliphatic heterocycles. The zero-order valence-corrected chi connectivity index (χ0v) is 11.8. The highest BCUT2D eigenvalue weighted by molar-refractivity contribution is 9.10. The minimum atomic E-state index is -0.317. The van der Waals surface area contributed by atoms with Crippen LogP contribution >= 0.6 is 15.9 Å². The molecule has 0 radical (unpaired) electrons. The summed E-state index contributed by atoms with van der Waals surface area (Å²) in [6.45, 7) is 4.28. The third kappa shape index (κ3) is 2.33. The topological polar surface area (TPSA) is 21.3 Å². The zero-order valence-electron chi connectivity index (χ0n) is 10.3. The first-order chi connectivity index (χ1) is 7.95. The van der Waals surface area contributed by atoms with Crippen molar-refractivity contribution in [2.75, 3.05) is 7.05 Å². The fourth-order valence-electron chi connectivity index (χ4n) is 2.30. The molecular weight excluding hydrogens is 285 g/mol. The second kappa shape index (κ2) is 4.58. The molecule has 1 aliphatic rings. The van der Waals surface area contributed by atoms with Crippen molar-refractivity contribution in [3.8, 4) is 5.75 Å². The van der Waals surface area contributed by atoms with Crippen LogP contribution in [0.4, 0.5) is 4.39 Å². The Labute approximate surface area is 110 Å². The molecule has 0 aromatic heterocycles. The average molecular weight is 302 g/mol. The highest BCUT2D eigenvalue weighted by Gasteiger charge is 2.49. The van der Waals surface area contributed by atoms with Crippen LogP contribution in [0, 0.1) is 11.2 Å². The predicted octanol–water partition coefficient (Wildman–Crippen LogP) is 3.35. The lowest BCUT2D eigenvalue weighted by Crippen LogP contribution is -2.61. The summed E-state index contributed by atoms with van der Waals surface area (Å²) in [5, 5.41) is 3.25. The predicted molar refractivity (Wildman–Crippen MR) is 69.8 cm³/mol. The van der Waals surface area contributed by atoms with Crippen molar-refractivity contribution in [3.05, 3.63) is 28.5 Å². The molecule has 17 heavy (non-hydrogen) atoms. The molecule has 4 heteroatoms. The van der Waals surface area contributed by atoms with Gasteiger partial charge in [0.05, 0.1) is 0 Å². The van der Waals surface area contributed by atoms with Crippen molar-refractivity contribution in [1.29, 1.82) is 0 Å². The van der Waals surface area contributed by atoms with Crippen LogP contribution in [0.1, 0.15) is 20.3 Å². The van der Waals surface area contributed by atoms with Crippen molar-refractivity contribution in [2.24, 2.45) is 5.41 Å². The molecule has 1 fully saturated rings. The molecule has 94 valence electrons. The van der Waals surface area contributed by atoms with Gasteiger partial charge in [-0.2, -0.15) is 0 Å². The summed E-state index contributed by atoms with van der Waals surface area (Å²) in [4.78, 5) is 0. The van der Waals surface area contributed by atoms with E-state index in [4.69, 9.17) is 4.74 Å². The molecule has 0 heterocycles. The van der Waals surface area contributed by atoms with Gasteiger partial charge in [0.1, 0.15) is 6.10 Å². The van der Waals surface area contributed by atoms with E-state index >= 15 is 0 Å². The Balaban J connectivity index is 2.08. The highest BCUT2D eigenvalue weighted by atomic mass is 79.9. The SMILES string of the molecule is CNC1CC(Oc2ccc(Br)cc2F)C1(C)C. The molecular formula is C13H17BrFNO. The summed E-state index contributed by atoms with van der Waals surface area (Å²) < 4.78 is 20.1. The first-order valence-corrected chi connectivity index (χ1v) is 6.53. The Morgan fingerprint density at radius 2 is 2.18 bits per heavy atom. The number of halogens is 2. The summed E-state index contributed by atoms with van der Waals surface area (Å²) >= 11 is 3.23. The number of hydrogen-bond donors (Lipinski definition) is 1. The van der Waals surface area contributed by atoms with Gasteiger partial charge < -0.3 is 10.1 Å². The summed E-state index contributed by atoms with van der Waals surface area (Å²) in [7, 11) is 1.95. The van der Waals surface area contributed by atoms with Crippen LogP contribution in [0.3, 0.4) is 0 Å². The molecule has 0 spiro atoms. The number of benzene rings is 1. The lowest BCUT2D eigenvalue weighted by atomic mass is 9.64. The van der Waals surface area contributed by atoms with Crippen molar-refractivity contribution in [2.45, 2.75) is 32.4 Å². The van der Waals surface area contributed by atoms with Crippen LogP contribution in [0.5, 0.6) is 5.75 Å². The maximum Gasteiger partial charge on any atom is 0.166 e. The molecule has 2 atom stereocenters. The maximum atomic E-state index is 13.6. The van der Waals surface area contributed by atoms with Gasteiger partial charge in [-0.15, -0.1) is 0 Å². The maximum absolute atomic E-state index is 13.6. The van der Waals surface area contributed by atoms with Crippen molar-refractivity contribution in [3.63, 3.8) is 0 Å². The molecule has 2 rings (SSSR count). The van der Waals surface area contributed by atoms with Gasteiger partial charge in [-0.1, -0.05) is 29.8 Å². The first-order valence-electron chi connectivity index (χ1n) is 5.74. The van der Waals surface area contributed by atoms with Crippen molar-refractivity contribution in [1.82, 2.24) is 5.32 Å². The van der Waals surface area contributed by atoms with Gasteiger partial charge in [-0.3, -0.25) is 0 Å². The van der Waals surface area contributed by atoms with Crippen LogP contribution < -0.4 is 10.1 Å². The summed E-state index contributed by atoms with van der Waals surface area (Å²) in [5.41, 5.74) is 0.0360. The molecule has 2 nitrogen and oxygen atoms in total. The van der Waals surface area contributed by atoms with Gasteiger partial charge in [0.25, 0.3) is 0 Å². The van der Waals surface area contributed by atoms with E-state index in [9.17, 15) is 4.39 Å². The Morgan fingerprint density at radius 1 is 1.47 bits per heavy atom. The van der Waals surface area contributed by atoms with Gasteiger partial charge in [0.15, 0.2) is 11.6 Å². The molecule has 1 N–H and O–H groups in total. The average Bonchev–Trinajstić information content (AvgIpc) is 2.26. The smallest absolute Gasteiger partial charge is 0.166 e. The highest BCUT2D eigenvalue weighted by Crippen LogP contribution is 2.43. The first kappa shape index (κ1) is 12.8. The quantitative estimate of drug-likeness (QED) is 0.924. The summed E-state index contributed by atoms with van der Waals surface area (Å²) in [6.07, 6.45) is 0.981. The Kier molecular flexibility index (Phi) is 3.46. The number of rotatable bonds is 3. The van der Waals surface area contributed by atoms with Gasteiger partial charge >= 0.3 is 0 Å². The third-order valence-electron chi connectivity index (χ3n) is 3.69. The lowest BCUT2D eigenvalue weighted by Gasteiger charge is -2.51. The molecule has 0 amide bonds. The van der Waals surface area contributed by atoms with E-state index in [1.54, 1.807) is 12.1 Å². The summed E-state index contributed by atoms with van der Waals surface area (Å²) in [6, 6.07) is 5.32. The van der Waals surface area contributed by atoms with Crippen LogP contribution in [0.25, 0.3) is 0 Å². The van der Waals surface area contributed by atoms with Gasteiger partial charge in [-0.05, 0) is 25.2 Å². The zero-order chi connectivity index (χ0) is 12.6. The molecule has 1 aromatic carbocycles.